The monoisotopic (exact) mass is 222 g/mol. The van der Waals surface area contributed by atoms with Gasteiger partial charge < -0.3 is 0 Å². The van der Waals surface area contributed by atoms with Gasteiger partial charge in [0.2, 0.25) is 0 Å². The number of aromatic nitrogens is 2. The summed E-state index contributed by atoms with van der Waals surface area (Å²) < 4.78 is 2.12. The van der Waals surface area contributed by atoms with Gasteiger partial charge in [0.1, 0.15) is 0 Å². The summed E-state index contributed by atoms with van der Waals surface area (Å²) in [5.41, 5.74) is 3.28. The predicted molar refractivity (Wildman–Crippen MR) is 60.1 cm³/mol. The van der Waals surface area contributed by atoms with E-state index < -0.39 is 0 Å². The first-order valence-electron chi connectivity index (χ1n) is 4.29. The average molecular weight is 223 g/mol. The van der Waals surface area contributed by atoms with Crippen LogP contribution >= 0.6 is 22.9 Å². The number of fused-ring (bicyclic) bond motifs is 3. The average Bonchev–Trinajstić information content (AvgIpc) is 2.75. The van der Waals surface area contributed by atoms with Crippen molar-refractivity contribution in [1.82, 2.24) is 9.38 Å². The van der Waals surface area contributed by atoms with Crippen molar-refractivity contribution in [3.63, 3.8) is 0 Å². The number of halogens is 1. The normalized spacial score (nSPS) is 11.5. The van der Waals surface area contributed by atoms with E-state index in [2.05, 4.69) is 20.8 Å². The molecule has 0 N–H and O–H groups in total. The van der Waals surface area contributed by atoms with E-state index in [1.165, 1.54) is 0 Å². The van der Waals surface area contributed by atoms with Gasteiger partial charge in [-0.1, -0.05) is 12.1 Å². The summed E-state index contributed by atoms with van der Waals surface area (Å²) in [5, 5.41) is 2.06. The zero-order chi connectivity index (χ0) is 9.54. The number of imidazole rings is 1. The van der Waals surface area contributed by atoms with Gasteiger partial charge in [0.25, 0.3) is 0 Å². The van der Waals surface area contributed by atoms with Crippen molar-refractivity contribution in [2.45, 2.75) is 5.88 Å². The summed E-state index contributed by atoms with van der Waals surface area (Å²) in [6.07, 6.45) is 0. The summed E-state index contributed by atoms with van der Waals surface area (Å²) in [4.78, 5) is 5.52. The van der Waals surface area contributed by atoms with Crippen LogP contribution in [0.3, 0.4) is 0 Å². The molecule has 2 heterocycles. The van der Waals surface area contributed by atoms with Crippen LogP contribution in [-0.2, 0) is 5.88 Å². The minimum atomic E-state index is 0.528. The highest BCUT2D eigenvalue weighted by atomic mass is 35.5. The van der Waals surface area contributed by atoms with Crippen molar-refractivity contribution >= 4 is 38.9 Å². The molecule has 0 fully saturated rings. The first-order chi connectivity index (χ1) is 6.90. The molecule has 0 unspecified atom stereocenters. The molecule has 4 heteroatoms. The summed E-state index contributed by atoms with van der Waals surface area (Å²) in [6.45, 7) is 0. The molecule has 0 spiro atoms. The van der Waals surface area contributed by atoms with Gasteiger partial charge in [-0.25, -0.2) is 4.98 Å². The van der Waals surface area contributed by atoms with Crippen LogP contribution < -0.4 is 0 Å². The maximum absolute atomic E-state index is 5.86. The van der Waals surface area contributed by atoms with E-state index in [0.29, 0.717) is 5.88 Å². The largest absolute Gasteiger partial charge is 0.286 e. The lowest BCUT2D eigenvalue weighted by molar-refractivity contribution is 1.14. The maximum atomic E-state index is 5.86. The molecule has 0 aliphatic rings. The van der Waals surface area contributed by atoms with Gasteiger partial charge in [0.05, 0.1) is 22.6 Å². The SMILES string of the molecule is ClCc1csc2nc3ccccc3n12. The highest BCUT2D eigenvalue weighted by Crippen LogP contribution is 2.23. The summed E-state index contributed by atoms with van der Waals surface area (Å²) in [7, 11) is 0. The molecule has 2 aromatic heterocycles. The van der Waals surface area contributed by atoms with E-state index in [1.54, 1.807) is 11.3 Å². The molecule has 70 valence electrons. The minimum Gasteiger partial charge on any atom is -0.286 e. The second-order valence-electron chi connectivity index (χ2n) is 3.08. The molecule has 0 saturated heterocycles. The Bertz CT molecular complexity index is 596. The van der Waals surface area contributed by atoms with Crippen molar-refractivity contribution < 1.29 is 0 Å². The van der Waals surface area contributed by atoms with Gasteiger partial charge >= 0.3 is 0 Å². The second kappa shape index (κ2) is 2.97. The van der Waals surface area contributed by atoms with E-state index >= 15 is 0 Å². The second-order valence-corrected chi connectivity index (χ2v) is 4.18. The Morgan fingerprint density at radius 1 is 1.36 bits per heavy atom. The molecular weight excluding hydrogens is 216 g/mol. The molecule has 2 nitrogen and oxygen atoms in total. The van der Waals surface area contributed by atoms with Crippen LogP contribution in [0.1, 0.15) is 5.69 Å². The molecule has 0 atom stereocenters. The topological polar surface area (TPSA) is 17.3 Å². The number of para-hydroxylation sites is 2. The number of rotatable bonds is 1. The molecule has 0 aliphatic carbocycles. The summed E-state index contributed by atoms with van der Waals surface area (Å²) >= 11 is 7.49. The number of benzene rings is 1. The van der Waals surface area contributed by atoms with Crippen molar-refractivity contribution in [3.8, 4) is 0 Å². The fourth-order valence-corrected chi connectivity index (χ4v) is 2.82. The van der Waals surface area contributed by atoms with E-state index in [9.17, 15) is 0 Å². The Kier molecular flexibility index (Phi) is 1.75. The number of alkyl halides is 1. The molecule has 0 radical (unpaired) electrons. The van der Waals surface area contributed by atoms with Crippen LogP contribution in [0, 0.1) is 0 Å². The highest BCUT2D eigenvalue weighted by Gasteiger charge is 2.08. The fraction of sp³-hybridized carbons (Fsp3) is 0.100. The molecular formula is C10H7ClN2S. The van der Waals surface area contributed by atoms with E-state index in [1.807, 2.05) is 18.2 Å². The van der Waals surface area contributed by atoms with Gasteiger partial charge in [0.15, 0.2) is 4.96 Å². The lowest BCUT2D eigenvalue weighted by Crippen LogP contribution is -1.85. The van der Waals surface area contributed by atoms with Gasteiger partial charge in [0, 0.05) is 5.38 Å². The van der Waals surface area contributed by atoms with Crippen molar-refractivity contribution in [3.05, 3.63) is 35.3 Å². The molecule has 0 saturated carbocycles. The first-order valence-corrected chi connectivity index (χ1v) is 5.71. The van der Waals surface area contributed by atoms with E-state index in [4.69, 9.17) is 11.6 Å². The Morgan fingerprint density at radius 3 is 3.07 bits per heavy atom. The lowest BCUT2D eigenvalue weighted by Gasteiger charge is -1.93. The predicted octanol–water partition coefficient (Wildman–Crippen LogP) is 3.29. The minimum absolute atomic E-state index is 0.528. The van der Waals surface area contributed by atoms with Crippen LogP contribution in [0.5, 0.6) is 0 Å². The zero-order valence-electron chi connectivity index (χ0n) is 7.27. The third-order valence-electron chi connectivity index (χ3n) is 2.25. The maximum Gasteiger partial charge on any atom is 0.194 e. The fourth-order valence-electron chi connectivity index (χ4n) is 1.63. The third kappa shape index (κ3) is 0.996. The van der Waals surface area contributed by atoms with Gasteiger partial charge in [-0.3, -0.25) is 4.40 Å². The summed E-state index contributed by atoms with van der Waals surface area (Å²) in [6, 6.07) is 8.11. The molecule has 0 aliphatic heterocycles. The smallest absolute Gasteiger partial charge is 0.194 e. The number of hydrogen-bond acceptors (Lipinski definition) is 2. The first kappa shape index (κ1) is 8.26. The van der Waals surface area contributed by atoms with Gasteiger partial charge in [-0.15, -0.1) is 22.9 Å². The summed E-state index contributed by atoms with van der Waals surface area (Å²) in [5.74, 6) is 0.528. The molecule has 0 amide bonds. The molecule has 0 bridgehead atoms. The van der Waals surface area contributed by atoms with Crippen LogP contribution in [0.2, 0.25) is 0 Å². The van der Waals surface area contributed by atoms with Crippen LogP contribution in [0.25, 0.3) is 16.0 Å². The Labute approximate surface area is 89.8 Å². The molecule has 14 heavy (non-hydrogen) atoms. The molecule has 1 aromatic carbocycles. The zero-order valence-corrected chi connectivity index (χ0v) is 8.85. The Balaban J connectivity index is 2.54. The van der Waals surface area contributed by atoms with Gasteiger partial charge in [-0.2, -0.15) is 0 Å². The van der Waals surface area contributed by atoms with Crippen molar-refractivity contribution in [1.29, 1.82) is 0 Å². The number of hydrogen-bond donors (Lipinski definition) is 0. The third-order valence-corrected chi connectivity index (χ3v) is 3.40. The van der Waals surface area contributed by atoms with Crippen molar-refractivity contribution in [2.75, 3.05) is 0 Å². The van der Waals surface area contributed by atoms with Crippen molar-refractivity contribution in [2.24, 2.45) is 0 Å². The van der Waals surface area contributed by atoms with Crippen LogP contribution in [0.4, 0.5) is 0 Å². The number of thiazole rings is 1. The quantitative estimate of drug-likeness (QED) is 0.578. The number of nitrogens with zero attached hydrogens (tertiary/aromatic N) is 2. The van der Waals surface area contributed by atoms with E-state index in [-0.39, 0.29) is 0 Å². The highest BCUT2D eigenvalue weighted by molar-refractivity contribution is 7.15. The van der Waals surface area contributed by atoms with Gasteiger partial charge in [-0.05, 0) is 12.1 Å². The Morgan fingerprint density at radius 2 is 2.21 bits per heavy atom. The lowest BCUT2D eigenvalue weighted by atomic mass is 10.3. The van der Waals surface area contributed by atoms with Crippen LogP contribution in [0.15, 0.2) is 29.6 Å². The Hall–Kier alpha value is -1.06. The van der Waals surface area contributed by atoms with E-state index in [0.717, 1.165) is 21.7 Å². The standard InChI is InChI=1S/C10H7ClN2S/c11-5-7-6-14-10-12-8-3-1-2-4-9(8)13(7)10/h1-4,6H,5H2. The van der Waals surface area contributed by atoms with Crippen LogP contribution in [-0.4, -0.2) is 9.38 Å². The molecule has 3 aromatic rings. The molecule has 3 rings (SSSR count).